The van der Waals surface area contributed by atoms with Crippen LogP contribution in [0.25, 0.3) is 11.1 Å². The summed E-state index contributed by atoms with van der Waals surface area (Å²) in [6.45, 7) is 20.8. The minimum Gasteiger partial charge on any atom is -0.361 e. The van der Waals surface area contributed by atoms with E-state index in [2.05, 4.69) is 68.2 Å². The summed E-state index contributed by atoms with van der Waals surface area (Å²) in [5.74, 6) is 2.13. The number of benzene rings is 1. The zero-order valence-electron chi connectivity index (χ0n) is 28.9. The summed E-state index contributed by atoms with van der Waals surface area (Å²) < 4.78 is 16.1. The molecule has 0 aliphatic heterocycles. The third-order valence-electron chi connectivity index (χ3n) is 9.29. The number of carbonyl (C=O) groups excluding carboxylic acids is 1. The van der Waals surface area contributed by atoms with Gasteiger partial charge in [0.05, 0.1) is 11.6 Å². The second-order valence-corrected chi connectivity index (χ2v) is 27.0. The van der Waals surface area contributed by atoms with Crippen molar-refractivity contribution in [2.75, 3.05) is 18.5 Å². The number of nitrogens with zero attached hydrogens (tertiary/aromatic N) is 4. The number of anilines is 1. The standard InChI is InChI=1S/C35H55N5O3Si2/c1-25-31(26(2)40(38-25)24-43-20-22-45(6,7)8)27-13-15-30(16-14-27)37-35(41)33(32(28-9-10-28)29-11-12-29)34-36-17-18-39(34)23-42-19-21-44(3,4)5/h13-18,28-29,32-33H,9-12,19-24H2,1-8H3,(H,37,41). The first kappa shape index (κ1) is 33.8. The van der Waals surface area contributed by atoms with Crippen LogP contribution in [0.4, 0.5) is 5.69 Å². The van der Waals surface area contributed by atoms with E-state index in [1.54, 1.807) is 0 Å². The summed E-state index contributed by atoms with van der Waals surface area (Å²) in [6.07, 6.45) is 8.64. The van der Waals surface area contributed by atoms with Crippen LogP contribution in [-0.4, -0.2) is 54.6 Å². The molecule has 2 aliphatic carbocycles. The van der Waals surface area contributed by atoms with Crippen molar-refractivity contribution in [2.24, 2.45) is 17.8 Å². The predicted molar refractivity (Wildman–Crippen MR) is 188 cm³/mol. The van der Waals surface area contributed by atoms with Crippen molar-refractivity contribution in [1.82, 2.24) is 19.3 Å². The number of rotatable bonds is 17. The maximum atomic E-state index is 14.2. The summed E-state index contributed by atoms with van der Waals surface area (Å²) in [7, 11) is -2.30. The fourth-order valence-corrected chi connectivity index (χ4v) is 7.83. The van der Waals surface area contributed by atoms with Gasteiger partial charge < -0.3 is 19.4 Å². The lowest BCUT2D eigenvalue weighted by molar-refractivity contribution is -0.119. The van der Waals surface area contributed by atoms with E-state index in [4.69, 9.17) is 19.6 Å². The molecule has 2 heterocycles. The Morgan fingerprint density at radius 2 is 1.49 bits per heavy atom. The van der Waals surface area contributed by atoms with E-state index in [1.165, 1.54) is 25.7 Å². The van der Waals surface area contributed by atoms with Crippen molar-refractivity contribution in [3.05, 3.63) is 53.9 Å². The van der Waals surface area contributed by atoms with Crippen LogP contribution in [-0.2, 0) is 27.7 Å². The van der Waals surface area contributed by atoms with Gasteiger partial charge in [-0.1, -0.05) is 51.4 Å². The maximum absolute atomic E-state index is 14.2. The van der Waals surface area contributed by atoms with Crippen LogP contribution >= 0.6 is 0 Å². The van der Waals surface area contributed by atoms with Gasteiger partial charge in [0, 0.05) is 58.7 Å². The zero-order valence-corrected chi connectivity index (χ0v) is 30.9. The third-order valence-corrected chi connectivity index (χ3v) is 12.7. The molecule has 1 unspecified atom stereocenters. The van der Waals surface area contributed by atoms with Crippen molar-refractivity contribution in [3.63, 3.8) is 0 Å². The molecule has 1 atom stereocenters. The van der Waals surface area contributed by atoms with Crippen LogP contribution in [0, 0.1) is 31.6 Å². The monoisotopic (exact) mass is 649 g/mol. The van der Waals surface area contributed by atoms with Gasteiger partial charge in [0.2, 0.25) is 5.91 Å². The number of amides is 1. The second-order valence-electron chi connectivity index (χ2n) is 15.8. The van der Waals surface area contributed by atoms with Crippen LogP contribution in [0.1, 0.15) is 48.8 Å². The van der Waals surface area contributed by atoms with Gasteiger partial charge >= 0.3 is 0 Å². The predicted octanol–water partition coefficient (Wildman–Crippen LogP) is 8.15. The Morgan fingerprint density at radius 1 is 0.911 bits per heavy atom. The highest BCUT2D eigenvalue weighted by atomic mass is 28.3. The molecule has 246 valence electrons. The van der Waals surface area contributed by atoms with Gasteiger partial charge in [-0.3, -0.25) is 4.79 Å². The normalized spacial score (nSPS) is 16.4. The van der Waals surface area contributed by atoms with Gasteiger partial charge in [0.25, 0.3) is 0 Å². The zero-order chi connectivity index (χ0) is 32.4. The molecule has 2 fully saturated rings. The highest BCUT2D eigenvalue weighted by Crippen LogP contribution is 2.55. The molecule has 5 rings (SSSR count). The number of nitrogens with one attached hydrogen (secondary N) is 1. The molecule has 1 amide bonds. The molecule has 8 nitrogen and oxygen atoms in total. The Balaban J connectivity index is 1.29. The van der Waals surface area contributed by atoms with Gasteiger partial charge in [-0.2, -0.15) is 5.10 Å². The molecule has 0 radical (unpaired) electrons. The van der Waals surface area contributed by atoms with Gasteiger partial charge in [0.15, 0.2) is 0 Å². The lowest BCUT2D eigenvalue weighted by Gasteiger charge is -2.27. The summed E-state index contributed by atoms with van der Waals surface area (Å²) >= 11 is 0. The van der Waals surface area contributed by atoms with Crippen LogP contribution in [0.2, 0.25) is 51.4 Å². The first-order valence-electron chi connectivity index (χ1n) is 16.9. The lowest BCUT2D eigenvalue weighted by Crippen LogP contribution is -2.32. The first-order valence-corrected chi connectivity index (χ1v) is 24.3. The topological polar surface area (TPSA) is 83.2 Å². The minimum absolute atomic E-state index is 0.0387. The quantitative estimate of drug-likeness (QED) is 0.118. The molecule has 0 saturated heterocycles. The smallest absolute Gasteiger partial charge is 0.235 e. The Bertz CT molecular complexity index is 1420. The molecule has 10 heteroatoms. The molecule has 3 aromatic rings. The van der Waals surface area contributed by atoms with E-state index >= 15 is 0 Å². The van der Waals surface area contributed by atoms with E-state index in [0.717, 1.165) is 59.3 Å². The number of ether oxygens (including phenoxy) is 2. The number of hydrogen-bond acceptors (Lipinski definition) is 5. The van der Waals surface area contributed by atoms with Gasteiger partial charge in [-0.05, 0) is 87.1 Å². The minimum atomic E-state index is -1.17. The van der Waals surface area contributed by atoms with E-state index in [9.17, 15) is 4.79 Å². The van der Waals surface area contributed by atoms with Crippen LogP contribution in [0.15, 0.2) is 36.7 Å². The molecule has 0 spiro atoms. The van der Waals surface area contributed by atoms with Gasteiger partial charge in [-0.15, -0.1) is 0 Å². The summed E-state index contributed by atoms with van der Waals surface area (Å²) in [6, 6.07) is 10.5. The fraction of sp³-hybridized carbons (Fsp3) is 0.629. The Hall–Kier alpha value is -2.54. The highest BCUT2D eigenvalue weighted by Gasteiger charge is 2.49. The first-order chi connectivity index (χ1) is 21.3. The molecule has 2 aromatic heterocycles. The summed E-state index contributed by atoms with van der Waals surface area (Å²) in [5, 5.41) is 8.05. The van der Waals surface area contributed by atoms with Crippen molar-refractivity contribution >= 4 is 27.7 Å². The van der Waals surface area contributed by atoms with E-state index in [1.807, 2.05) is 36.1 Å². The fourth-order valence-electron chi connectivity index (χ4n) is 6.32. The Labute approximate surface area is 272 Å². The van der Waals surface area contributed by atoms with E-state index in [0.29, 0.717) is 31.2 Å². The number of imidazole rings is 1. The largest absolute Gasteiger partial charge is 0.361 e. The average Bonchev–Trinajstić information content (AvgIpc) is 3.90. The highest BCUT2D eigenvalue weighted by molar-refractivity contribution is 6.76. The molecular formula is C35H55N5O3Si2. The van der Waals surface area contributed by atoms with E-state index in [-0.39, 0.29) is 11.8 Å². The molecule has 2 aliphatic rings. The number of hydrogen-bond donors (Lipinski definition) is 1. The molecule has 2 saturated carbocycles. The van der Waals surface area contributed by atoms with Gasteiger partial charge in [-0.25, -0.2) is 9.67 Å². The van der Waals surface area contributed by atoms with Crippen LogP contribution in [0.5, 0.6) is 0 Å². The third kappa shape index (κ3) is 9.27. The SMILES string of the molecule is Cc1nn(COCC[Si](C)(C)C)c(C)c1-c1ccc(NC(=O)C(c2nccn2COCC[Si](C)(C)C)C(C2CC2)C2CC2)cc1. The van der Waals surface area contributed by atoms with Crippen LogP contribution < -0.4 is 5.32 Å². The number of carbonyl (C=O) groups is 1. The van der Waals surface area contributed by atoms with E-state index < -0.39 is 16.1 Å². The Kier molecular flexibility index (Phi) is 10.6. The molecule has 1 N–H and O–H groups in total. The number of aromatic nitrogens is 4. The summed E-state index contributed by atoms with van der Waals surface area (Å²) in [4.78, 5) is 18.9. The Morgan fingerprint density at radius 3 is 2.04 bits per heavy atom. The number of aryl methyl sites for hydroxylation is 1. The van der Waals surface area contributed by atoms with Crippen LogP contribution in [0.3, 0.4) is 0 Å². The van der Waals surface area contributed by atoms with Gasteiger partial charge in [0.1, 0.15) is 19.3 Å². The summed E-state index contributed by atoms with van der Waals surface area (Å²) in [5.41, 5.74) is 5.09. The van der Waals surface area contributed by atoms with Crippen molar-refractivity contribution in [2.45, 2.75) is 110 Å². The lowest BCUT2D eigenvalue weighted by atomic mass is 9.82. The average molecular weight is 650 g/mol. The molecule has 1 aromatic carbocycles. The second kappa shape index (κ2) is 14.1. The van der Waals surface area contributed by atoms with Crippen molar-refractivity contribution in [3.8, 4) is 11.1 Å². The molecular weight excluding hydrogens is 595 g/mol. The maximum Gasteiger partial charge on any atom is 0.235 e. The van der Waals surface area contributed by atoms with Crippen molar-refractivity contribution in [1.29, 1.82) is 0 Å². The molecule has 45 heavy (non-hydrogen) atoms. The van der Waals surface area contributed by atoms with Crippen molar-refractivity contribution < 1.29 is 14.3 Å². The molecule has 0 bridgehead atoms.